The van der Waals surface area contributed by atoms with Crippen molar-refractivity contribution in [3.8, 4) is 5.75 Å². The fourth-order valence-corrected chi connectivity index (χ4v) is 3.76. The van der Waals surface area contributed by atoms with Crippen LogP contribution in [0.4, 0.5) is 4.39 Å². The van der Waals surface area contributed by atoms with Crippen LogP contribution in [0.1, 0.15) is 17.5 Å². The quantitative estimate of drug-likeness (QED) is 0.491. The van der Waals surface area contributed by atoms with Crippen LogP contribution in [-0.4, -0.2) is 41.8 Å². The lowest BCUT2D eigenvalue weighted by Gasteiger charge is -2.28. The highest BCUT2D eigenvalue weighted by atomic mass is 19.1. The smallest absolute Gasteiger partial charge is 0.187 e. The van der Waals surface area contributed by atoms with E-state index in [0.29, 0.717) is 39.2 Å². The van der Waals surface area contributed by atoms with E-state index in [-0.39, 0.29) is 11.9 Å². The number of methoxy groups -OCH3 is 1. The predicted molar refractivity (Wildman–Crippen MR) is 113 cm³/mol. The Kier molecular flexibility index (Phi) is 6.96. The molecule has 2 heterocycles. The standard InChI is InChI=1S/C24H27FN2O4/c1-28-23-5-3-2-4-20(23)14-29-15-22-16-30-24(31-22,17-27-13-12-26-18-27)11-10-19-6-8-21(25)9-7-19/h2-9,12-13,18,22H,10-11,14-17H2,1H3. The largest absolute Gasteiger partial charge is 0.496 e. The summed E-state index contributed by atoms with van der Waals surface area (Å²) in [6, 6.07) is 14.3. The van der Waals surface area contributed by atoms with E-state index in [1.165, 1.54) is 12.1 Å². The summed E-state index contributed by atoms with van der Waals surface area (Å²) in [6.07, 6.45) is 6.54. The second kappa shape index (κ2) is 10.0. The third-order valence-electron chi connectivity index (χ3n) is 5.36. The van der Waals surface area contributed by atoms with Crippen LogP contribution in [0.2, 0.25) is 0 Å². The molecule has 7 heteroatoms. The highest BCUT2D eigenvalue weighted by Gasteiger charge is 2.41. The van der Waals surface area contributed by atoms with Crippen LogP contribution in [0.3, 0.4) is 0 Å². The molecule has 3 aromatic rings. The number of halogens is 1. The first-order chi connectivity index (χ1) is 15.2. The summed E-state index contributed by atoms with van der Waals surface area (Å²) in [4.78, 5) is 4.12. The number of nitrogens with zero attached hydrogens (tertiary/aromatic N) is 2. The van der Waals surface area contributed by atoms with Crippen molar-refractivity contribution in [3.05, 3.63) is 84.2 Å². The molecule has 0 bridgehead atoms. The summed E-state index contributed by atoms with van der Waals surface area (Å²) in [5.74, 6) is -0.217. The maximum atomic E-state index is 13.2. The first-order valence-corrected chi connectivity index (χ1v) is 10.4. The lowest BCUT2D eigenvalue weighted by molar-refractivity contribution is -0.187. The predicted octanol–water partition coefficient (Wildman–Crippen LogP) is 3.99. The number of ether oxygens (including phenoxy) is 4. The number of hydrogen-bond acceptors (Lipinski definition) is 5. The zero-order valence-corrected chi connectivity index (χ0v) is 17.6. The van der Waals surface area contributed by atoms with Gasteiger partial charge < -0.3 is 23.5 Å². The molecule has 164 valence electrons. The Morgan fingerprint density at radius 2 is 2.03 bits per heavy atom. The Hall–Kier alpha value is -2.74. The van der Waals surface area contributed by atoms with Crippen LogP contribution in [0.15, 0.2) is 67.3 Å². The van der Waals surface area contributed by atoms with Gasteiger partial charge in [0.25, 0.3) is 0 Å². The minimum Gasteiger partial charge on any atom is -0.496 e. The fraction of sp³-hybridized carbons (Fsp3) is 0.375. The molecule has 1 fully saturated rings. The van der Waals surface area contributed by atoms with E-state index in [9.17, 15) is 4.39 Å². The van der Waals surface area contributed by atoms with Gasteiger partial charge in [0.1, 0.15) is 17.7 Å². The number of aromatic nitrogens is 2. The summed E-state index contributed by atoms with van der Waals surface area (Å²) in [5.41, 5.74) is 2.03. The van der Waals surface area contributed by atoms with Crippen molar-refractivity contribution in [3.63, 3.8) is 0 Å². The third kappa shape index (κ3) is 5.70. The molecule has 31 heavy (non-hydrogen) atoms. The lowest BCUT2D eigenvalue weighted by atomic mass is 10.0. The van der Waals surface area contributed by atoms with Crippen molar-refractivity contribution in [2.75, 3.05) is 20.3 Å². The third-order valence-corrected chi connectivity index (χ3v) is 5.36. The van der Waals surface area contributed by atoms with Gasteiger partial charge in [0, 0.05) is 24.4 Å². The zero-order valence-electron chi connectivity index (χ0n) is 17.6. The Morgan fingerprint density at radius 1 is 1.19 bits per heavy atom. The van der Waals surface area contributed by atoms with Gasteiger partial charge in [-0.2, -0.15) is 0 Å². The molecule has 6 nitrogen and oxygen atoms in total. The number of aryl methyl sites for hydroxylation is 1. The van der Waals surface area contributed by atoms with Gasteiger partial charge in [-0.3, -0.25) is 0 Å². The molecule has 4 rings (SSSR count). The van der Waals surface area contributed by atoms with Gasteiger partial charge in [0.15, 0.2) is 5.79 Å². The van der Waals surface area contributed by atoms with E-state index in [4.69, 9.17) is 18.9 Å². The first kappa shape index (κ1) is 21.5. The maximum Gasteiger partial charge on any atom is 0.187 e. The molecule has 0 aliphatic carbocycles. The SMILES string of the molecule is COc1ccccc1COCC1COC(CCc2ccc(F)cc2)(Cn2ccnc2)O1. The molecule has 0 N–H and O–H groups in total. The molecule has 1 aliphatic rings. The second-order valence-electron chi connectivity index (χ2n) is 7.65. The van der Waals surface area contributed by atoms with Crippen LogP contribution in [0.5, 0.6) is 5.75 Å². The monoisotopic (exact) mass is 426 g/mol. The van der Waals surface area contributed by atoms with E-state index >= 15 is 0 Å². The summed E-state index contributed by atoms with van der Waals surface area (Å²) in [7, 11) is 1.65. The average molecular weight is 426 g/mol. The molecule has 0 saturated carbocycles. The van der Waals surface area contributed by atoms with Crippen molar-refractivity contribution in [1.82, 2.24) is 9.55 Å². The molecule has 1 saturated heterocycles. The molecule has 2 atom stereocenters. The lowest BCUT2D eigenvalue weighted by Crippen LogP contribution is -2.37. The molecule has 2 aromatic carbocycles. The van der Waals surface area contributed by atoms with Crippen LogP contribution in [0, 0.1) is 5.82 Å². The van der Waals surface area contributed by atoms with Gasteiger partial charge in [0.05, 0.1) is 39.8 Å². The Bertz CT molecular complexity index is 948. The second-order valence-corrected chi connectivity index (χ2v) is 7.65. The normalized spacial score (nSPS) is 20.8. The summed E-state index contributed by atoms with van der Waals surface area (Å²) < 4.78 is 39.0. The van der Waals surface area contributed by atoms with Gasteiger partial charge >= 0.3 is 0 Å². The molecule has 1 aromatic heterocycles. The van der Waals surface area contributed by atoms with Crippen LogP contribution in [0.25, 0.3) is 0 Å². The molecular weight excluding hydrogens is 399 g/mol. The minimum atomic E-state index is -0.784. The zero-order chi connectivity index (χ0) is 21.5. The molecule has 2 unspecified atom stereocenters. The Labute approximate surface area is 181 Å². The molecule has 0 spiro atoms. The number of para-hydroxylation sites is 1. The number of imidazole rings is 1. The fourth-order valence-electron chi connectivity index (χ4n) is 3.76. The highest BCUT2D eigenvalue weighted by Crippen LogP contribution is 2.31. The first-order valence-electron chi connectivity index (χ1n) is 10.4. The van der Waals surface area contributed by atoms with Gasteiger partial charge in [-0.15, -0.1) is 0 Å². The molecule has 1 aliphatic heterocycles. The van der Waals surface area contributed by atoms with Gasteiger partial charge in [-0.1, -0.05) is 30.3 Å². The Balaban J connectivity index is 1.36. The van der Waals surface area contributed by atoms with Crippen molar-refractivity contribution in [2.45, 2.75) is 37.9 Å². The van der Waals surface area contributed by atoms with Crippen molar-refractivity contribution in [1.29, 1.82) is 0 Å². The topological polar surface area (TPSA) is 54.7 Å². The van der Waals surface area contributed by atoms with Crippen molar-refractivity contribution >= 4 is 0 Å². The van der Waals surface area contributed by atoms with E-state index in [1.54, 1.807) is 31.8 Å². The number of rotatable bonds is 10. The maximum absolute atomic E-state index is 13.2. The summed E-state index contributed by atoms with van der Waals surface area (Å²) >= 11 is 0. The van der Waals surface area contributed by atoms with Gasteiger partial charge in [-0.05, 0) is 30.2 Å². The minimum absolute atomic E-state index is 0.175. The summed E-state index contributed by atoms with van der Waals surface area (Å²) in [5, 5.41) is 0. The van der Waals surface area contributed by atoms with E-state index in [1.807, 2.05) is 35.0 Å². The Morgan fingerprint density at radius 3 is 2.81 bits per heavy atom. The van der Waals surface area contributed by atoms with Crippen LogP contribution in [-0.2, 0) is 33.8 Å². The summed E-state index contributed by atoms with van der Waals surface area (Å²) in [6.45, 7) is 1.83. The molecule has 0 amide bonds. The van der Waals surface area contributed by atoms with Crippen molar-refractivity contribution < 1.29 is 23.3 Å². The highest BCUT2D eigenvalue weighted by molar-refractivity contribution is 5.32. The van der Waals surface area contributed by atoms with E-state index < -0.39 is 5.79 Å². The van der Waals surface area contributed by atoms with E-state index in [0.717, 1.165) is 16.9 Å². The molecular formula is C24H27FN2O4. The van der Waals surface area contributed by atoms with Crippen LogP contribution < -0.4 is 4.74 Å². The van der Waals surface area contributed by atoms with Gasteiger partial charge in [-0.25, -0.2) is 9.37 Å². The van der Waals surface area contributed by atoms with Gasteiger partial charge in [0.2, 0.25) is 0 Å². The molecule has 0 radical (unpaired) electrons. The van der Waals surface area contributed by atoms with Crippen LogP contribution >= 0.6 is 0 Å². The van der Waals surface area contributed by atoms with E-state index in [2.05, 4.69) is 4.98 Å². The number of hydrogen-bond donors (Lipinski definition) is 0. The van der Waals surface area contributed by atoms with Crippen molar-refractivity contribution in [2.24, 2.45) is 0 Å². The average Bonchev–Trinajstić information content (AvgIpc) is 3.44. The number of benzene rings is 2.